The second-order valence-electron chi connectivity index (χ2n) is 12.5. The van der Waals surface area contributed by atoms with Crippen LogP contribution in [-0.4, -0.2) is 70.2 Å². The van der Waals surface area contributed by atoms with E-state index >= 15 is 0 Å². The van der Waals surface area contributed by atoms with Crippen molar-refractivity contribution in [3.8, 4) is 0 Å². The Morgan fingerprint density at radius 3 is 2.50 bits per heavy atom. The van der Waals surface area contributed by atoms with Gasteiger partial charge >= 0.3 is 0 Å². The number of carbonyl (C=O) groups is 1. The van der Waals surface area contributed by atoms with Gasteiger partial charge in [0, 0.05) is 56.5 Å². The molecule has 3 saturated carbocycles. The van der Waals surface area contributed by atoms with Gasteiger partial charge in [-0.3, -0.25) is 9.69 Å². The molecule has 1 aromatic heterocycles. The number of hydrogen-bond acceptors (Lipinski definition) is 6. The molecule has 7 atom stereocenters. The first kappa shape index (κ1) is 23.4. The molecule has 2 aromatic rings. The van der Waals surface area contributed by atoms with E-state index in [2.05, 4.69) is 34.1 Å². The van der Waals surface area contributed by atoms with Crippen LogP contribution in [0, 0.1) is 35.5 Å². The third kappa shape index (κ3) is 3.71. The minimum absolute atomic E-state index is 0.0932. The van der Waals surface area contributed by atoms with Gasteiger partial charge in [-0.25, -0.2) is 0 Å². The van der Waals surface area contributed by atoms with Gasteiger partial charge in [0.15, 0.2) is 0 Å². The Morgan fingerprint density at radius 1 is 1.00 bits per heavy atom. The summed E-state index contributed by atoms with van der Waals surface area (Å²) in [7, 11) is 0. The van der Waals surface area contributed by atoms with Gasteiger partial charge in [0.2, 0.25) is 5.91 Å². The number of carbonyl (C=O) groups excluding carboxylic acids is 1. The Labute approximate surface area is 218 Å². The summed E-state index contributed by atoms with van der Waals surface area (Å²) < 4.78 is 6.04. The van der Waals surface area contributed by atoms with Gasteiger partial charge in [0.25, 0.3) is 0 Å². The highest BCUT2D eigenvalue weighted by Crippen LogP contribution is 2.60. The van der Waals surface area contributed by atoms with Crippen LogP contribution in [-0.2, 0) is 4.79 Å². The minimum atomic E-state index is -0.953. The van der Waals surface area contributed by atoms with Crippen LogP contribution < -0.4 is 4.90 Å². The van der Waals surface area contributed by atoms with Gasteiger partial charge in [-0.1, -0.05) is 25.0 Å². The maximum atomic E-state index is 13.5. The zero-order valence-electron chi connectivity index (χ0n) is 21.5. The number of piperazine rings is 1. The molecule has 6 nitrogen and oxygen atoms in total. The molecule has 194 valence electrons. The van der Waals surface area contributed by atoms with Crippen LogP contribution in [0.3, 0.4) is 0 Å². The first-order chi connectivity index (χ1) is 17.5. The molecular formula is C29H40N4O2S. The minimum Gasteiger partial charge on any atom is -0.371 e. The Bertz CT molecular complexity index is 1130. The van der Waals surface area contributed by atoms with Gasteiger partial charge in [0.1, 0.15) is 11.5 Å². The largest absolute Gasteiger partial charge is 0.371 e. The van der Waals surface area contributed by atoms with Gasteiger partial charge in [-0.15, -0.1) is 0 Å². The summed E-state index contributed by atoms with van der Waals surface area (Å²) in [6.07, 6.45) is 8.56. The number of hydrogen-bond donors (Lipinski definition) is 1. The third-order valence-electron chi connectivity index (χ3n) is 10.7. The summed E-state index contributed by atoms with van der Waals surface area (Å²) in [5.41, 5.74) is -0.953. The highest BCUT2D eigenvalue weighted by Gasteiger charge is 2.65. The van der Waals surface area contributed by atoms with E-state index in [-0.39, 0.29) is 17.7 Å². The number of amides is 1. The Kier molecular flexibility index (Phi) is 5.82. The molecule has 3 aliphatic carbocycles. The van der Waals surface area contributed by atoms with Crippen molar-refractivity contribution in [2.24, 2.45) is 35.5 Å². The van der Waals surface area contributed by atoms with E-state index < -0.39 is 5.72 Å². The second-order valence-corrected chi connectivity index (χ2v) is 13.3. The van der Waals surface area contributed by atoms with Crippen molar-refractivity contribution < 1.29 is 9.90 Å². The van der Waals surface area contributed by atoms with E-state index in [0.29, 0.717) is 23.7 Å². The molecule has 36 heavy (non-hydrogen) atoms. The predicted octanol–water partition coefficient (Wildman–Crippen LogP) is 4.44. The fourth-order valence-electron chi connectivity index (χ4n) is 8.87. The monoisotopic (exact) mass is 508 g/mol. The highest BCUT2D eigenvalue weighted by atomic mass is 32.1. The van der Waals surface area contributed by atoms with Crippen molar-refractivity contribution in [1.29, 1.82) is 0 Å². The summed E-state index contributed by atoms with van der Waals surface area (Å²) in [4.78, 5) is 20.6. The first-order valence-corrected chi connectivity index (χ1v) is 15.1. The van der Waals surface area contributed by atoms with Gasteiger partial charge in [-0.05, 0) is 86.4 Å². The summed E-state index contributed by atoms with van der Waals surface area (Å²) in [6.45, 7) is 8.03. The molecule has 5 fully saturated rings. The van der Waals surface area contributed by atoms with Crippen LogP contribution >= 0.6 is 11.5 Å². The molecule has 2 aliphatic heterocycles. The van der Waals surface area contributed by atoms with Crippen LogP contribution in [0.15, 0.2) is 24.3 Å². The lowest BCUT2D eigenvalue weighted by atomic mass is 9.76. The Balaban J connectivity index is 1.00. The van der Waals surface area contributed by atoms with Crippen molar-refractivity contribution >= 4 is 33.3 Å². The van der Waals surface area contributed by atoms with E-state index in [0.717, 1.165) is 45.1 Å². The lowest BCUT2D eigenvalue weighted by Gasteiger charge is -2.43. The number of likely N-dealkylation sites (tertiary alicyclic amines) is 1. The molecule has 0 radical (unpaired) electrons. The van der Waals surface area contributed by atoms with Crippen LogP contribution in [0.2, 0.25) is 0 Å². The van der Waals surface area contributed by atoms with Gasteiger partial charge in [0.05, 0.1) is 4.70 Å². The summed E-state index contributed by atoms with van der Waals surface area (Å²) in [6, 6.07) is 8.56. The summed E-state index contributed by atoms with van der Waals surface area (Å²) >= 11 is 1.60. The Hall–Kier alpha value is -1.70. The SMILES string of the molecule is CC1(O)C2C3CCC(C3)C2C(=O)N1CC1CCCCC1CN1CCN(c2nsc3ccccc23)CC1. The fourth-order valence-corrected chi connectivity index (χ4v) is 9.66. The number of benzene rings is 1. The third-order valence-corrected chi connectivity index (χ3v) is 11.5. The number of rotatable bonds is 5. The van der Waals surface area contributed by atoms with Crippen LogP contribution in [0.25, 0.3) is 10.1 Å². The number of anilines is 1. The van der Waals surface area contributed by atoms with E-state index in [1.807, 2.05) is 11.8 Å². The van der Waals surface area contributed by atoms with Crippen molar-refractivity contribution in [2.75, 3.05) is 44.2 Å². The highest BCUT2D eigenvalue weighted by molar-refractivity contribution is 7.13. The van der Waals surface area contributed by atoms with Crippen molar-refractivity contribution in [2.45, 2.75) is 57.6 Å². The number of nitrogens with zero attached hydrogens (tertiary/aromatic N) is 4. The topological polar surface area (TPSA) is 59.9 Å². The molecule has 7 unspecified atom stereocenters. The molecule has 0 spiro atoms. The second kappa shape index (κ2) is 8.95. The summed E-state index contributed by atoms with van der Waals surface area (Å²) in [5.74, 6) is 3.88. The molecule has 2 bridgehead atoms. The number of aromatic nitrogens is 1. The van der Waals surface area contributed by atoms with Crippen LogP contribution in [0.1, 0.15) is 51.9 Å². The smallest absolute Gasteiger partial charge is 0.228 e. The standard InChI is InChI=1S/C29H40N4O2S/c1-29(35)26-20-11-10-19(16-20)25(26)28(34)33(29)18-22-7-3-2-6-21(22)17-31-12-14-32(15-13-31)27-23-8-4-5-9-24(23)36-30-27/h4-5,8-9,19-22,25-26,35H,2-3,6-7,10-18H2,1H3. The maximum Gasteiger partial charge on any atom is 0.228 e. The number of fused-ring (bicyclic) bond motifs is 6. The molecule has 7 rings (SSSR count). The Morgan fingerprint density at radius 2 is 1.72 bits per heavy atom. The molecule has 2 saturated heterocycles. The van der Waals surface area contributed by atoms with Gasteiger partial charge < -0.3 is 14.9 Å². The zero-order valence-corrected chi connectivity index (χ0v) is 22.3. The molecular weight excluding hydrogens is 468 g/mol. The maximum absolute atomic E-state index is 13.5. The van der Waals surface area contributed by atoms with E-state index in [1.54, 1.807) is 11.5 Å². The lowest BCUT2D eigenvalue weighted by molar-refractivity contribution is -0.152. The molecule has 7 heteroatoms. The first-order valence-electron chi connectivity index (χ1n) is 14.4. The average molecular weight is 509 g/mol. The molecule has 5 aliphatic rings. The van der Waals surface area contributed by atoms with Crippen molar-refractivity contribution in [1.82, 2.24) is 14.2 Å². The zero-order chi connectivity index (χ0) is 24.4. The van der Waals surface area contributed by atoms with Crippen molar-refractivity contribution in [3.63, 3.8) is 0 Å². The average Bonchev–Trinajstić information content (AvgIpc) is 3.66. The lowest BCUT2D eigenvalue weighted by Crippen LogP contribution is -2.52. The quantitative estimate of drug-likeness (QED) is 0.647. The van der Waals surface area contributed by atoms with E-state index in [4.69, 9.17) is 4.37 Å². The van der Waals surface area contributed by atoms with Gasteiger partial charge in [-0.2, -0.15) is 4.37 Å². The molecule has 1 aromatic carbocycles. The normalized spacial score (nSPS) is 38.9. The van der Waals surface area contributed by atoms with E-state index in [9.17, 15) is 9.90 Å². The molecule has 1 N–H and O–H groups in total. The molecule has 3 heterocycles. The van der Waals surface area contributed by atoms with Crippen LogP contribution in [0.4, 0.5) is 5.82 Å². The summed E-state index contributed by atoms with van der Waals surface area (Å²) in [5, 5.41) is 12.9. The van der Waals surface area contributed by atoms with Crippen LogP contribution in [0.5, 0.6) is 0 Å². The number of aliphatic hydroxyl groups is 1. The fraction of sp³-hybridized carbons (Fsp3) is 0.724. The van der Waals surface area contributed by atoms with Crippen molar-refractivity contribution in [3.05, 3.63) is 24.3 Å². The predicted molar refractivity (Wildman–Crippen MR) is 144 cm³/mol. The van der Waals surface area contributed by atoms with E-state index in [1.165, 1.54) is 55.0 Å². The molecule has 1 amide bonds.